The monoisotopic (exact) mass is 534 g/mol. The number of thiazole rings is 1. The summed E-state index contributed by atoms with van der Waals surface area (Å²) in [6.45, 7) is 3.83. The van der Waals surface area contributed by atoms with Crippen molar-refractivity contribution in [3.63, 3.8) is 0 Å². The molecule has 2 aromatic carbocycles. The molecular weight excluding hydrogens is 513 g/mol. The second-order valence-corrected chi connectivity index (χ2v) is 10.7. The molecule has 1 aliphatic rings. The zero-order valence-corrected chi connectivity index (χ0v) is 20.9. The zero-order valence-electron chi connectivity index (χ0n) is 19.3. The van der Waals surface area contributed by atoms with Crippen LogP contribution >= 0.6 is 22.9 Å². The lowest BCUT2D eigenvalue weighted by Gasteiger charge is -2.49. The molecule has 3 heterocycles. The van der Waals surface area contributed by atoms with Crippen molar-refractivity contribution in [2.75, 3.05) is 13.1 Å². The Morgan fingerprint density at radius 2 is 1.81 bits per heavy atom. The van der Waals surface area contributed by atoms with Crippen LogP contribution in [0.25, 0.3) is 11.6 Å². The van der Waals surface area contributed by atoms with Gasteiger partial charge in [0.25, 0.3) is 5.89 Å². The molecule has 0 amide bonds. The summed E-state index contributed by atoms with van der Waals surface area (Å²) in [5.74, 6) is -2.91. The van der Waals surface area contributed by atoms with Gasteiger partial charge in [-0.3, -0.25) is 4.90 Å². The Bertz CT molecular complexity index is 1400. The van der Waals surface area contributed by atoms with Gasteiger partial charge in [0.1, 0.15) is 28.0 Å². The Kier molecular flexibility index (Phi) is 6.52. The first-order valence-corrected chi connectivity index (χ1v) is 12.5. The van der Waals surface area contributed by atoms with Crippen molar-refractivity contribution in [2.45, 2.75) is 31.5 Å². The van der Waals surface area contributed by atoms with E-state index in [0.29, 0.717) is 29.4 Å². The van der Waals surface area contributed by atoms with Crippen LogP contribution in [0.15, 0.2) is 57.1 Å². The topological polar surface area (TPSA) is 75.0 Å². The molecule has 1 N–H and O–H groups in total. The van der Waals surface area contributed by atoms with Gasteiger partial charge in [-0.25, -0.2) is 28.0 Å². The Morgan fingerprint density at radius 1 is 1.14 bits per heavy atom. The molecule has 5 rings (SSSR count). The van der Waals surface area contributed by atoms with E-state index in [4.69, 9.17) is 16.0 Å². The van der Waals surface area contributed by atoms with Crippen molar-refractivity contribution in [3.8, 4) is 11.6 Å². The molecule has 0 bridgehead atoms. The van der Waals surface area contributed by atoms with Crippen molar-refractivity contribution in [1.82, 2.24) is 20.1 Å². The van der Waals surface area contributed by atoms with Gasteiger partial charge in [-0.05, 0) is 55.2 Å². The van der Waals surface area contributed by atoms with Crippen LogP contribution in [0.2, 0.25) is 5.02 Å². The molecule has 0 spiro atoms. The van der Waals surface area contributed by atoms with Crippen LogP contribution in [0.5, 0.6) is 0 Å². The number of H-pyrrole nitrogens is 1. The number of aromatic nitrogens is 3. The first-order valence-electron chi connectivity index (χ1n) is 11.2. The second-order valence-electron chi connectivity index (χ2n) is 9.40. The highest BCUT2D eigenvalue weighted by atomic mass is 35.5. The van der Waals surface area contributed by atoms with E-state index in [1.165, 1.54) is 37.3 Å². The van der Waals surface area contributed by atoms with Crippen molar-refractivity contribution in [3.05, 3.63) is 91.2 Å². The number of nitrogens with one attached hydrogen (secondary N) is 1. The van der Waals surface area contributed by atoms with Gasteiger partial charge in [0.2, 0.25) is 0 Å². The maximum atomic E-state index is 15.4. The van der Waals surface area contributed by atoms with Crippen LogP contribution in [0, 0.1) is 17.6 Å². The number of likely N-dealkylation sites (tertiary alicyclic amines) is 1. The first-order chi connectivity index (χ1) is 17.1. The summed E-state index contributed by atoms with van der Waals surface area (Å²) >= 11 is 7.48. The van der Waals surface area contributed by atoms with E-state index in [9.17, 15) is 13.6 Å². The quantitative estimate of drug-likeness (QED) is 0.316. The minimum Gasteiger partial charge on any atom is -0.386 e. The minimum absolute atomic E-state index is 0.0891. The van der Waals surface area contributed by atoms with E-state index in [1.807, 2.05) is 12.1 Å². The third-order valence-corrected chi connectivity index (χ3v) is 7.51. The van der Waals surface area contributed by atoms with Crippen molar-refractivity contribution in [2.24, 2.45) is 5.92 Å². The Labute approximate surface area is 213 Å². The number of rotatable bonds is 7. The number of nitrogens with zero attached hydrogens (tertiary/aromatic N) is 3. The molecule has 2 atom stereocenters. The lowest BCUT2D eigenvalue weighted by molar-refractivity contribution is 0.00802. The summed E-state index contributed by atoms with van der Waals surface area (Å²) in [5, 5.41) is 9.12. The SMILES string of the molecule is CC(C)(F)[C@H](c1cc(F)cc(F)c1)C1CN([C@@H](c2ccc(Cl)cc2)c2nc(-c3n[nH]c(=O)o3)cs2)C1. The maximum absolute atomic E-state index is 15.4. The standard InChI is InChI=1S/C25H22ClF3N4O2S/c1-25(2,29)20(14-7-17(27)9-18(28)8-14)15-10-33(11-15)21(13-3-5-16(26)6-4-13)23-30-19(12-36-23)22-31-32-24(34)35-22/h3-9,12,15,20-21H,10-11H2,1-2H3,(H,32,34)/t20-,21+/m1/s1. The fraction of sp³-hybridized carbons (Fsp3) is 0.320. The number of alkyl halides is 1. The van der Waals surface area contributed by atoms with Crippen molar-refractivity contribution in [1.29, 1.82) is 0 Å². The van der Waals surface area contributed by atoms with Crippen LogP contribution in [0.3, 0.4) is 0 Å². The fourth-order valence-electron chi connectivity index (χ4n) is 4.96. The molecule has 0 aliphatic carbocycles. The van der Waals surface area contributed by atoms with Crippen LogP contribution in [-0.4, -0.2) is 38.8 Å². The summed E-state index contributed by atoms with van der Waals surface area (Å²) in [4.78, 5) is 18.1. The van der Waals surface area contributed by atoms with Gasteiger partial charge in [-0.1, -0.05) is 23.7 Å². The van der Waals surface area contributed by atoms with E-state index >= 15 is 4.39 Å². The normalized spacial score (nSPS) is 16.6. The lowest BCUT2D eigenvalue weighted by Crippen LogP contribution is -2.53. The summed E-state index contributed by atoms with van der Waals surface area (Å²) in [6.07, 6.45) is 0. The van der Waals surface area contributed by atoms with Crippen LogP contribution in [-0.2, 0) is 0 Å². The van der Waals surface area contributed by atoms with Gasteiger partial charge < -0.3 is 4.42 Å². The van der Waals surface area contributed by atoms with Crippen LogP contribution in [0.1, 0.15) is 41.9 Å². The number of hydrogen-bond acceptors (Lipinski definition) is 6. The third kappa shape index (κ3) is 4.98. The van der Waals surface area contributed by atoms with E-state index in [0.717, 1.165) is 16.6 Å². The molecule has 36 heavy (non-hydrogen) atoms. The number of halogens is 4. The van der Waals surface area contributed by atoms with Crippen LogP contribution in [0.4, 0.5) is 13.2 Å². The van der Waals surface area contributed by atoms with Gasteiger partial charge >= 0.3 is 5.76 Å². The van der Waals surface area contributed by atoms with E-state index in [2.05, 4.69) is 20.1 Å². The van der Waals surface area contributed by atoms with Gasteiger partial charge in [-0.15, -0.1) is 16.4 Å². The Hall–Kier alpha value is -2.95. The molecule has 11 heteroatoms. The molecule has 1 saturated heterocycles. The molecule has 0 radical (unpaired) electrons. The van der Waals surface area contributed by atoms with Crippen molar-refractivity contribution < 1.29 is 17.6 Å². The Balaban J connectivity index is 1.45. The summed E-state index contributed by atoms with van der Waals surface area (Å²) in [5.41, 5.74) is -0.0474. The molecule has 6 nitrogen and oxygen atoms in total. The average Bonchev–Trinajstić information content (AvgIpc) is 3.41. The van der Waals surface area contributed by atoms with Crippen molar-refractivity contribution >= 4 is 22.9 Å². The van der Waals surface area contributed by atoms with E-state index in [-0.39, 0.29) is 17.9 Å². The van der Waals surface area contributed by atoms with E-state index < -0.39 is 29.0 Å². The second kappa shape index (κ2) is 9.49. The minimum atomic E-state index is -1.70. The maximum Gasteiger partial charge on any atom is 0.434 e. The molecule has 1 aliphatic heterocycles. The summed E-state index contributed by atoms with van der Waals surface area (Å²) < 4.78 is 48.3. The predicted octanol–water partition coefficient (Wildman–Crippen LogP) is 5.97. The fourth-order valence-corrected chi connectivity index (χ4v) is 6.04. The highest BCUT2D eigenvalue weighted by molar-refractivity contribution is 7.10. The smallest absolute Gasteiger partial charge is 0.386 e. The van der Waals surface area contributed by atoms with Gasteiger partial charge in [0.05, 0.1) is 6.04 Å². The van der Waals surface area contributed by atoms with Gasteiger partial charge in [-0.2, -0.15) is 0 Å². The number of hydrogen-bond donors (Lipinski definition) is 1. The highest BCUT2D eigenvalue weighted by Gasteiger charge is 2.46. The zero-order chi connectivity index (χ0) is 25.6. The molecule has 188 valence electrons. The average molecular weight is 535 g/mol. The predicted molar refractivity (Wildman–Crippen MR) is 131 cm³/mol. The molecular formula is C25H22ClF3N4O2S. The molecule has 1 fully saturated rings. The summed E-state index contributed by atoms with van der Waals surface area (Å²) in [7, 11) is 0. The molecule has 0 unspecified atom stereocenters. The number of aromatic amines is 1. The number of benzene rings is 2. The molecule has 4 aromatic rings. The Morgan fingerprint density at radius 3 is 2.39 bits per heavy atom. The largest absolute Gasteiger partial charge is 0.434 e. The highest BCUT2D eigenvalue weighted by Crippen LogP contribution is 2.46. The third-order valence-electron chi connectivity index (χ3n) is 6.36. The first kappa shape index (κ1) is 24.7. The lowest BCUT2D eigenvalue weighted by atomic mass is 9.72. The summed E-state index contributed by atoms with van der Waals surface area (Å²) in [6, 6.07) is 10.3. The molecule has 2 aromatic heterocycles. The molecule has 0 saturated carbocycles. The van der Waals surface area contributed by atoms with Gasteiger partial charge in [0, 0.05) is 35.5 Å². The van der Waals surface area contributed by atoms with E-state index in [1.54, 1.807) is 17.5 Å². The van der Waals surface area contributed by atoms with Gasteiger partial charge in [0.15, 0.2) is 0 Å². The van der Waals surface area contributed by atoms with Crippen LogP contribution < -0.4 is 5.76 Å².